The maximum atomic E-state index is 11.7. The quantitative estimate of drug-likeness (QED) is 0.401. The Hall–Kier alpha value is -2.98. The Morgan fingerprint density at radius 1 is 0.900 bits per heavy atom. The predicted molar refractivity (Wildman–Crippen MR) is 102 cm³/mol. The molecular formula is C20H26O10. The Morgan fingerprint density at radius 3 is 1.83 bits per heavy atom. The number of fused-ring (bicyclic) bond motifs is 2. The van der Waals surface area contributed by atoms with Gasteiger partial charge in [-0.25, -0.2) is 14.4 Å². The number of carboxylic acid groups (broad SMARTS) is 2. The van der Waals surface area contributed by atoms with E-state index in [1.54, 1.807) is 18.2 Å². The van der Waals surface area contributed by atoms with Crippen LogP contribution in [0.3, 0.4) is 0 Å². The van der Waals surface area contributed by atoms with Gasteiger partial charge in [0.15, 0.2) is 0 Å². The molecule has 30 heavy (non-hydrogen) atoms. The highest BCUT2D eigenvalue weighted by atomic mass is 16.5. The number of carboxylic acids is 2. The van der Waals surface area contributed by atoms with Gasteiger partial charge in [-0.3, -0.25) is 4.79 Å². The van der Waals surface area contributed by atoms with Crippen LogP contribution in [0.25, 0.3) is 0 Å². The number of cyclic esters (lactones) is 2. The van der Waals surface area contributed by atoms with E-state index in [2.05, 4.69) is 0 Å². The number of aliphatic hydroxyl groups is 2. The summed E-state index contributed by atoms with van der Waals surface area (Å²) in [6.07, 6.45) is 2.78. The molecule has 0 saturated heterocycles. The van der Waals surface area contributed by atoms with E-state index in [4.69, 9.17) is 29.9 Å². The van der Waals surface area contributed by atoms with Gasteiger partial charge in [-0.1, -0.05) is 6.07 Å². The molecule has 0 amide bonds. The Labute approximate surface area is 173 Å². The topological polar surface area (TPSA) is 168 Å². The van der Waals surface area contributed by atoms with Crippen LogP contribution < -0.4 is 0 Å². The summed E-state index contributed by atoms with van der Waals surface area (Å²) < 4.78 is 10.3. The summed E-state index contributed by atoms with van der Waals surface area (Å²) in [5.74, 6) is -6.45. The number of aliphatic carboxylic acids is 2. The van der Waals surface area contributed by atoms with Crippen LogP contribution in [0.1, 0.15) is 65.7 Å². The number of esters is 2. The molecule has 2 rings (SSSR count). The van der Waals surface area contributed by atoms with Crippen LogP contribution in [0.5, 0.6) is 0 Å². The minimum Gasteiger partial charge on any atom is -0.481 e. The number of rotatable bonds is 5. The zero-order chi connectivity index (χ0) is 22.6. The molecule has 0 aromatic heterocycles. The molecule has 0 aliphatic carbocycles. The Bertz CT molecular complexity index is 704. The highest BCUT2D eigenvalue weighted by Gasteiger charge is 2.32. The lowest BCUT2D eigenvalue weighted by Gasteiger charge is -2.14. The van der Waals surface area contributed by atoms with E-state index in [1.165, 1.54) is 6.07 Å². The van der Waals surface area contributed by atoms with Crippen molar-refractivity contribution in [3.05, 3.63) is 35.4 Å². The van der Waals surface area contributed by atoms with Gasteiger partial charge in [-0.15, -0.1) is 0 Å². The lowest BCUT2D eigenvalue weighted by atomic mass is 10.1. The maximum absolute atomic E-state index is 11.7. The van der Waals surface area contributed by atoms with Crippen molar-refractivity contribution in [1.82, 2.24) is 0 Å². The Morgan fingerprint density at radius 2 is 1.40 bits per heavy atom. The van der Waals surface area contributed by atoms with E-state index in [0.717, 1.165) is 25.7 Å². The Kier molecular flexibility index (Phi) is 10.5. The van der Waals surface area contributed by atoms with Gasteiger partial charge in [0.2, 0.25) is 0 Å². The molecule has 4 N–H and O–H groups in total. The first-order valence-corrected chi connectivity index (χ1v) is 9.47. The molecule has 1 heterocycles. The lowest BCUT2D eigenvalue weighted by molar-refractivity contribution is -0.205. The largest absolute Gasteiger partial charge is 0.481 e. The van der Waals surface area contributed by atoms with Crippen LogP contribution >= 0.6 is 0 Å². The van der Waals surface area contributed by atoms with Gasteiger partial charge in [0.05, 0.1) is 24.3 Å². The van der Waals surface area contributed by atoms with Gasteiger partial charge in [-0.05, 0) is 50.3 Å². The molecule has 1 aromatic rings. The average Bonchev–Trinajstić information content (AvgIpc) is 2.69. The summed E-state index contributed by atoms with van der Waals surface area (Å²) in [7, 11) is 0. The molecule has 0 saturated carbocycles. The number of hydrogen-bond donors (Lipinski definition) is 4. The zero-order valence-corrected chi connectivity index (χ0v) is 16.4. The normalized spacial score (nSPS) is 15.1. The van der Waals surface area contributed by atoms with Gasteiger partial charge < -0.3 is 29.9 Å². The Balaban J connectivity index is 0.000000329. The van der Waals surface area contributed by atoms with Crippen LogP contribution in [-0.2, 0) is 19.1 Å². The van der Waals surface area contributed by atoms with Crippen LogP contribution in [0.15, 0.2) is 24.3 Å². The van der Waals surface area contributed by atoms with Crippen LogP contribution in [0.4, 0.5) is 0 Å². The number of ether oxygens (including phenoxy) is 2. The fraction of sp³-hybridized carbons (Fsp3) is 0.500. The molecule has 0 spiro atoms. The summed E-state index contributed by atoms with van der Waals surface area (Å²) in [6.45, 7) is 0.857. The number of carbonyl (C=O) groups is 4. The monoisotopic (exact) mass is 426 g/mol. The van der Waals surface area contributed by atoms with Gasteiger partial charge in [0.25, 0.3) is 5.79 Å². The van der Waals surface area contributed by atoms with Crippen molar-refractivity contribution in [1.29, 1.82) is 0 Å². The zero-order valence-electron chi connectivity index (χ0n) is 16.4. The lowest BCUT2D eigenvalue weighted by Crippen LogP contribution is -2.38. The van der Waals surface area contributed by atoms with E-state index >= 15 is 0 Å². The summed E-state index contributed by atoms with van der Waals surface area (Å²) in [5.41, 5.74) is 0.785. The second-order valence-electron chi connectivity index (χ2n) is 6.64. The molecule has 0 fully saturated rings. The first kappa shape index (κ1) is 25.1. The van der Waals surface area contributed by atoms with E-state index in [-0.39, 0.29) is 24.8 Å². The number of carbonyl (C=O) groups excluding carboxylic acids is 2. The molecule has 1 aromatic carbocycles. The van der Waals surface area contributed by atoms with Gasteiger partial charge in [-0.2, -0.15) is 0 Å². The minimum atomic E-state index is -2.81. The smallest absolute Gasteiger partial charge is 0.364 e. The first-order valence-electron chi connectivity index (χ1n) is 9.47. The molecule has 1 aliphatic rings. The van der Waals surface area contributed by atoms with Crippen molar-refractivity contribution in [2.45, 2.75) is 50.7 Å². The molecule has 0 atom stereocenters. The van der Waals surface area contributed by atoms with Crippen molar-refractivity contribution in [2.24, 2.45) is 0 Å². The maximum Gasteiger partial charge on any atom is 0.364 e. The minimum absolute atomic E-state index is 0.0887. The fourth-order valence-corrected chi connectivity index (χ4v) is 2.42. The van der Waals surface area contributed by atoms with Crippen LogP contribution in [-0.4, -0.2) is 63.3 Å². The summed E-state index contributed by atoms with van der Waals surface area (Å²) >= 11 is 0. The molecule has 10 nitrogen and oxygen atoms in total. The number of benzene rings is 1. The fourth-order valence-electron chi connectivity index (χ4n) is 2.42. The van der Waals surface area contributed by atoms with Gasteiger partial charge >= 0.3 is 23.9 Å². The van der Waals surface area contributed by atoms with Crippen LogP contribution in [0, 0.1) is 0 Å². The van der Waals surface area contributed by atoms with Crippen molar-refractivity contribution in [3.63, 3.8) is 0 Å². The average molecular weight is 426 g/mol. The van der Waals surface area contributed by atoms with Crippen molar-refractivity contribution >= 4 is 23.9 Å². The van der Waals surface area contributed by atoms with E-state index in [9.17, 15) is 19.2 Å². The molecule has 10 heteroatoms. The second-order valence-corrected chi connectivity index (χ2v) is 6.64. The second kappa shape index (κ2) is 12.6. The summed E-state index contributed by atoms with van der Waals surface area (Å²) in [6, 6.07) is 6.45. The first-order chi connectivity index (χ1) is 14.1. The third kappa shape index (κ3) is 9.48. The van der Waals surface area contributed by atoms with Gasteiger partial charge in [0, 0.05) is 12.8 Å². The molecule has 166 valence electrons. The predicted octanol–water partition coefficient (Wildman–Crippen LogP) is 1.58. The van der Waals surface area contributed by atoms with E-state index in [1.807, 2.05) is 0 Å². The highest BCUT2D eigenvalue weighted by molar-refractivity contribution is 5.95. The standard InChI is InChI=1S/C14H16O4.C6H10O6/c15-13-11-6-5-7-12(10-11)14(16)18-9-4-2-1-3-8-17-13;7-4(8)2-1-3-6(11,12)5(9)10/h5-7,10H,1-4,8-9H2;11-12H,1-3H2,(H,7,8)(H,9,10). The summed E-state index contributed by atoms with van der Waals surface area (Å²) in [4.78, 5) is 43.4. The van der Waals surface area contributed by atoms with Crippen molar-refractivity contribution < 1.29 is 49.1 Å². The molecule has 0 radical (unpaired) electrons. The van der Waals surface area contributed by atoms with Crippen molar-refractivity contribution in [3.8, 4) is 0 Å². The van der Waals surface area contributed by atoms with Gasteiger partial charge in [0.1, 0.15) is 0 Å². The molecule has 0 unspecified atom stereocenters. The third-order valence-electron chi connectivity index (χ3n) is 4.10. The van der Waals surface area contributed by atoms with Crippen molar-refractivity contribution in [2.75, 3.05) is 13.2 Å². The molecule has 2 bridgehead atoms. The third-order valence-corrected chi connectivity index (χ3v) is 4.10. The number of hydrogen-bond acceptors (Lipinski definition) is 8. The van der Waals surface area contributed by atoms with Crippen LogP contribution in [0.2, 0.25) is 0 Å². The summed E-state index contributed by atoms with van der Waals surface area (Å²) in [5, 5.41) is 33.6. The van der Waals surface area contributed by atoms with E-state index in [0.29, 0.717) is 24.3 Å². The molecular weight excluding hydrogens is 400 g/mol. The van der Waals surface area contributed by atoms with E-state index < -0.39 is 24.1 Å². The highest BCUT2D eigenvalue weighted by Crippen LogP contribution is 2.12. The molecule has 1 aliphatic heterocycles. The SMILES string of the molecule is O=C(O)CCCC(O)(O)C(=O)O.O=C1OCCCCCCOC(=O)c2cccc1c2.